The van der Waals surface area contributed by atoms with Crippen LogP contribution in [0.2, 0.25) is 0 Å². The molecule has 0 aliphatic carbocycles. The summed E-state index contributed by atoms with van der Waals surface area (Å²) in [5, 5.41) is 9.96. The summed E-state index contributed by atoms with van der Waals surface area (Å²) in [4.78, 5) is 9.49. The van der Waals surface area contributed by atoms with Crippen LogP contribution in [-0.2, 0) is 13.0 Å². The van der Waals surface area contributed by atoms with Crippen LogP contribution in [0.1, 0.15) is 29.6 Å². The molecule has 0 unspecified atom stereocenters. The van der Waals surface area contributed by atoms with E-state index in [9.17, 15) is 5.11 Å². The van der Waals surface area contributed by atoms with E-state index in [0.29, 0.717) is 12.3 Å². The van der Waals surface area contributed by atoms with Gasteiger partial charge in [0.25, 0.3) is 0 Å². The molecule has 120 valence electrons. The first-order chi connectivity index (χ1) is 10.9. The lowest BCUT2D eigenvalue weighted by Gasteiger charge is -2.10. The van der Waals surface area contributed by atoms with Gasteiger partial charge in [-0.1, -0.05) is 6.92 Å². The minimum atomic E-state index is 0.353. The molecule has 3 rings (SSSR count). The number of hydrogen-bond acceptors (Lipinski definition) is 3. The topological polar surface area (TPSA) is 50.9 Å². The number of hydrogen-bond donors (Lipinski definition) is 1. The Kier molecular flexibility index (Phi) is 4.82. The summed E-state index contributed by atoms with van der Waals surface area (Å²) >= 11 is 4.34. The highest BCUT2D eigenvalue weighted by Gasteiger charge is 2.15. The Morgan fingerprint density at radius 2 is 1.74 bits per heavy atom. The van der Waals surface area contributed by atoms with Crippen LogP contribution in [0.4, 0.5) is 0 Å². The van der Waals surface area contributed by atoms with Gasteiger partial charge in [0.2, 0.25) is 0 Å². The predicted molar refractivity (Wildman–Crippen MR) is 109 cm³/mol. The number of aryl methyl sites for hydroxylation is 3. The maximum atomic E-state index is 9.96. The van der Waals surface area contributed by atoms with E-state index in [1.165, 1.54) is 0 Å². The zero-order valence-electron chi connectivity index (χ0n) is 13.2. The summed E-state index contributed by atoms with van der Waals surface area (Å²) in [6.45, 7) is 6.92. The lowest BCUT2D eigenvalue weighted by Crippen LogP contribution is -2.06. The van der Waals surface area contributed by atoms with E-state index in [2.05, 4.69) is 69.7 Å². The second kappa shape index (κ2) is 6.54. The molecular weight excluding hydrogens is 516 g/mol. The summed E-state index contributed by atoms with van der Waals surface area (Å²) in [5.74, 6) is 1.39. The van der Waals surface area contributed by atoms with Gasteiger partial charge in [-0.25, -0.2) is 9.97 Å². The molecule has 0 saturated heterocycles. The molecule has 0 atom stereocenters. The molecule has 0 fully saturated rings. The number of rotatable bonds is 3. The highest BCUT2D eigenvalue weighted by atomic mass is 127. The van der Waals surface area contributed by atoms with E-state index in [0.717, 1.165) is 47.4 Å². The summed E-state index contributed by atoms with van der Waals surface area (Å²) in [6, 6.07) is 6.11. The van der Waals surface area contributed by atoms with Crippen molar-refractivity contribution in [1.82, 2.24) is 14.5 Å². The zero-order chi connectivity index (χ0) is 16.7. The Labute approximate surface area is 162 Å². The number of nitrogens with zero attached hydrogens (tertiary/aromatic N) is 3. The van der Waals surface area contributed by atoms with Crippen LogP contribution >= 0.6 is 45.2 Å². The molecule has 0 radical (unpaired) electrons. The van der Waals surface area contributed by atoms with Crippen LogP contribution in [0.15, 0.2) is 18.2 Å². The van der Waals surface area contributed by atoms with Crippen molar-refractivity contribution in [3.63, 3.8) is 0 Å². The SMILES string of the molecule is CCc1nc2c(C)cc(C)nc2n1Cc1cc(I)c(O)c(I)c1. The van der Waals surface area contributed by atoms with E-state index in [-0.39, 0.29) is 0 Å². The molecular formula is C17H17I2N3O. The monoisotopic (exact) mass is 533 g/mol. The Morgan fingerprint density at radius 1 is 1.09 bits per heavy atom. The molecule has 0 saturated carbocycles. The minimum absolute atomic E-state index is 0.353. The number of aromatic nitrogens is 3. The number of phenols is 1. The summed E-state index contributed by atoms with van der Waals surface area (Å²) in [6.07, 6.45) is 0.862. The first kappa shape index (κ1) is 16.9. The molecule has 0 aliphatic heterocycles. The maximum absolute atomic E-state index is 9.96. The van der Waals surface area contributed by atoms with Gasteiger partial charge in [-0.2, -0.15) is 0 Å². The molecule has 1 N–H and O–H groups in total. The molecule has 0 amide bonds. The second-order valence-corrected chi connectivity index (χ2v) is 7.95. The van der Waals surface area contributed by atoms with E-state index in [1.807, 2.05) is 19.1 Å². The van der Waals surface area contributed by atoms with Gasteiger partial charge in [0.05, 0.1) is 13.7 Å². The molecule has 4 nitrogen and oxygen atoms in total. The van der Waals surface area contributed by atoms with Crippen LogP contribution < -0.4 is 0 Å². The molecule has 0 aliphatic rings. The van der Waals surface area contributed by atoms with Gasteiger partial charge in [-0.05, 0) is 88.4 Å². The fourth-order valence-corrected chi connectivity index (χ4v) is 4.67. The smallest absolute Gasteiger partial charge is 0.160 e. The van der Waals surface area contributed by atoms with Crippen molar-refractivity contribution < 1.29 is 5.11 Å². The van der Waals surface area contributed by atoms with Crippen molar-refractivity contribution in [2.75, 3.05) is 0 Å². The lowest BCUT2D eigenvalue weighted by atomic mass is 10.2. The van der Waals surface area contributed by atoms with E-state index >= 15 is 0 Å². The van der Waals surface area contributed by atoms with Crippen LogP contribution in [0, 0.1) is 21.0 Å². The average molecular weight is 533 g/mol. The third-order valence-corrected chi connectivity index (χ3v) is 5.48. The summed E-state index contributed by atoms with van der Waals surface area (Å²) in [5.41, 5.74) is 5.24. The number of benzene rings is 1. The second-order valence-electron chi connectivity index (χ2n) is 5.63. The Balaban J connectivity index is 2.16. The molecule has 0 spiro atoms. The quantitative estimate of drug-likeness (QED) is 0.503. The molecule has 3 aromatic rings. The number of halogens is 2. The number of fused-ring (bicyclic) bond motifs is 1. The normalized spacial score (nSPS) is 11.3. The number of phenolic OH excluding ortho intramolecular Hbond substituents is 1. The maximum Gasteiger partial charge on any atom is 0.160 e. The van der Waals surface area contributed by atoms with E-state index < -0.39 is 0 Å². The van der Waals surface area contributed by atoms with Crippen LogP contribution in [0.25, 0.3) is 11.2 Å². The first-order valence-corrected chi connectivity index (χ1v) is 9.56. The highest BCUT2D eigenvalue weighted by molar-refractivity contribution is 14.1. The van der Waals surface area contributed by atoms with Gasteiger partial charge in [0, 0.05) is 12.1 Å². The van der Waals surface area contributed by atoms with Gasteiger partial charge in [0.15, 0.2) is 5.65 Å². The van der Waals surface area contributed by atoms with Crippen molar-refractivity contribution in [3.05, 3.63) is 48.0 Å². The van der Waals surface area contributed by atoms with Gasteiger partial charge >= 0.3 is 0 Å². The van der Waals surface area contributed by atoms with Crippen LogP contribution in [0.3, 0.4) is 0 Å². The fraction of sp³-hybridized carbons (Fsp3) is 0.294. The number of pyridine rings is 1. The van der Waals surface area contributed by atoms with Crippen LogP contribution in [0.5, 0.6) is 5.75 Å². The van der Waals surface area contributed by atoms with E-state index in [1.54, 1.807) is 0 Å². The number of imidazole rings is 1. The number of aromatic hydroxyl groups is 1. The largest absolute Gasteiger partial charge is 0.506 e. The van der Waals surface area contributed by atoms with Crippen molar-refractivity contribution in [2.45, 2.75) is 33.7 Å². The van der Waals surface area contributed by atoms with Gasteiger partial charge < -0.3 is 9.67 Å². The molecule has 6 heteroatoms. The Hall–Kier alpha value is -0.900. The lowest BCUT2D eigenvalue weighted by molar-refractivity contribution is 0.467. The highest BCUT2D eigenvalue weighted by Crippen LogP contribution is 2.28. The molecule has 0 bridgehead atoms. The van der Waals surface area contributed by atoms with Gasteiger partial charge in [-0.3, -0.25) is 0 Å². The minimum Gasteiger partial charge on any atom is -0.506 e. The zero-order valence-corrected chi connectivity index (χ0v) is 17.5. The molecule has 2 aromatic heterocycles. The Bertz CT molecular complexity index is 879. The molecule has 23 heavy (non-hydrogen) atoms. The third kappa shape index (κ3) is 3.19. The standard InChI is InChI=1S/C17H17I2N3O/c1-4-14-21-15-9(2)5-10(3)20-17(15)22(14)8-11-6-12(18)16(23)13(19)7-11/h5-7,23H,4,8H2,1-3H3. The van der Waals surface area contributed by atoms with Crippen molar-refractivity contribution in [1.29, 1.82) is 0 Å². The van der Waals surface area contributed by atoms with Gasteiger partial charge in [-0.15, -0.1) is 0 Å². The van der Waals surface area contributed by atoms with Crippen molar-refractivity contribution in [3.8, 4) is 5.75 Å². The average Bonchev–Trinajstić information content (AvgIpc) is 2.83. The summed E-state index contributed by atoms with van der Waals surface area (Å²) in [7, 11) is 0. The third-order valence-electron chi connectivity index (χ3n) is 3.83. The summed E-state index contributed by atoms with van der Waals surface area (Å²) < 4.78 is 3.92. The molecule has 2 heterocycles. The first-order valence-electron chi connectivity index (χ1n) is 7.41. The van der Waals surface area contributed by atoms with Crippen LogP contribution in [-0.4, -0.2) is 19.6 Å². The molecule has 1 aromatic carbocycles. The Morgan fingerprint density at radius 3 is 2.35 bits per heavy atom. The van der Waals surface area contributed by atoms with Crippen molar-refractivity contribution in [2.24, 2.45) is 0 Å². The van der Waals surface area contributed by atoms with Crippen molar-refractivity contribution >= 4 is 56.3 Å². The van der Waals surface area contributed by atoms with Gasteiger partial charge in [0.1, 0.15) is 17.1 Å². The predicted octanol–water partition coefficient (Wildman–Crippen LogP) is 4.57. The fourth-order valence-electron chi connectivity index (χ4n) is 2.78. The van der Waals surface area contributed by atoms with E-state index in [4.69, 9.17) is 9.97 Å².